The molecule has 0 aromatic rings. The molecule has 0 bridgehead atoms. The average Bonchev–Trinajstić information content (AvgIpc) is 2.32. The molecule has 0 fully saturated rings. The first kappa shape index (κ1) is 13.1. The number of ketones is 2. The van der Waals surface area contributed by atoms with Gasteiger partial charge in [-0.3, -0.25) is 4.79 Å². The molecule has 2 nitrogen and oxygen atoms in total. The lowest BCUT2D eigenvalue weighted by molar-refractivity contribution is -0.128. The molecule has 1 unspecified atom stereocenters. The minimum Gasteiger partial charge on any atom is -0.300 e. The first-order chi connectivity index (χ1) is 7.44. The number of hydrogen-bond donors (Lipinski definition) is 0. The summed E-state index contributed by atoms with van der Waals surface area (Å²) in [6, 6.07) is 0. The smallest absolute Gasteiger partial charge is 0.139 e. The first-order valence-electron chi connectivity index (χ1n) is 6.12. The Labute approximate surface area is 98.1 Å². The minimum atomic E-state index is -0.229. The van der Waals surface area contributed by atoms with Gasteiger partial charge >= 0.3 is 0 Å². The molecule has 0 amide bonds. The maximum absolute atomic E-state index is 12.0. The number of hydrogen-bond acceptors (Lipinski definition) is 2. The van der Waals surface area contributed by atoms with E-state index >= 15 is 0 Å². The third kappa shape index (κ3) is 3.58. The van der Waals surface area contributed by atoms with E-state index in [2.05, 4.69) is 13.0 Å². The lowest BCUT2D eigenvalue weighted by Crippen LogP contribution is -2.26. The zero-order valence-corrected chi connectivity index (χ0v) is 10.6. The Morgan fingerprint density at radius 3 is 2.75 bits per heavy atom. The average molecular weight is 222 g/mol. The van der Waals surface area contributed by atoms with Crippen LogP contribution in [-0.4, -0.2) is 11.6 Å². The van der Waals surface area contributed by atoms with Crippen molar-refractivity contribution in [1.29, 1.82) is 0 Å². The molecule has 1 aliphatic carbocycles. The van der Waals surface area contributed by atoms with E-state index in [1.807, 2.05) is 6.92 Å². The van der Waals surface area contributed by atoms with Crippen LogP contribution in [0.1, 0.15) is 59.3 Å². The monoisotopic (exact) mass is 222 g/mol. The van der Waals surface area contributed by atoms with Gasteiger partial charge in [-0.25, -0.2) is 0 Å². The standard InChI is InChI=1S/C14H22O2/c1-11-6-7-13(16)14(3,10-8-11)9-4-5-12(2)15/h8H,4-7,9-10H2,1-3H3. The van der Waals surface area contributed by atoms with E-state index in [9.17, 15) is 9.59 Å². The van der Waals surface area contributed by atoms with Crippen molar-refractivity contribution in [3.8, 4) is 0 Å². The highest BCUT2D eigenvalue weighted by Gasteiger charge is 2.32. The number of allylic oxidation sites excluding steroid dienone is 2. The molecule has 0 aromatic carbocycles. The summed E-state index contributed by atoms with van der Waals surface area (Å²) in [6.45, 7) is 5.75. The predicted molar refractivity (Wildman–Crippen MR) is 65.3 cm³/mol. The molecule has 0 heterocycles. The Hall–Kier alpha value is -0.920. The van der Waals surface area contributed by atoms with Crippen LogP contribution >= 0.6 is 0 Å². The molecule has 1 aliphatic rings. The van der Waals surface area contributed by atoms with Crippen molar-refractivity contribution < 1.29 is 9.59 Å². The van der Waals surface area contributed by atoms with Crippen LogP contribution in [0.2, 0.25) is 0 Å². The molecular weight excluding hydrogens is 200 g/mol. The van der Waals surface area contributed by atoms with E-state index in [0.29, 0.717) is 18.6 Å². The molecule has 0 N–H and O–H groups in total. The predicted octanol–water partition coefficient (Wildman–Crippen LogP) is 3.45. The van der Waals surface area contributed by atoms with Gasteiger partial charge in [0.05, 0.1) is 0 Å². The summed E-state index contributed by atoms with van der Waals surface area (Å²) < 4.78 is 0. The molecular formula is C14H22O2. The van der Waals surface area contributed by atoms with E-state index in [1.54, 1.807) is 6.92 Å². The van der Waals surface area contributed by atoms with Crippen molar-refractivity contribution >= 4 is 11.6 Å². The molecule has 0 radical (unpaired) electrons. The third-order valence-electron chi connectivity index (χ3n) is 3.58. The van der Waals surface area contributed by atoms with Gasteiger partial charge in [-0.2, -0.15) is 0 Å². The molecule has 0 spiro atoms. The van der Waals surface area contributed by atoms with Crippen LogP contribution in [0.3, 0.4) is 0 Å². The van der Waals surface area contributed by atoms with Crippen LogP contribution in [0, 0.1) is 5.41 Å². The Bertz CT molecular complexity index is 315. The highest BCUT2D eigenvalue weighted by molar-refractivity contribution is 5.85. The molecule has 1 rings (SSSR count). The van der Waals surface area contributed by atoms with Crippen molar-refractivity contribution in [3.05, 3.63) is 11.6 Å². The van der Waals surface area contributed by atoms with E-state index in [4.69, 9.17) is 0 Å². The van der Waals surface area contributed by atoms with Gasteiger partial charge in [0, 0.05) is 18.3 Å². The normalized spacial score (nSPS) is 26.2. The van der Waals surface area contributed by atoms with Gasteiger partial charge < -0.3 is 4.79 Å². The fourth-order valence-electron chi connectivity index (χ4n) is 2.20. The van der Waals surface area contributed by atoms with Gasteiger partial charge in [0.1, 0.15) is 11.6 Å². The lowest BCUT2D eigenvalue weighted by Gasteiger charge is -2.25. The summed E-state index contributed by atoms with van der Waals surface area (Å²) in [6.07, 6.45) is 6.89. The lowest BCUT2D eigenvalue weighted by atomic mass is 9.77. The number of carbonyl (C=O) groups excluding carboxylic acids is 2. The molecule has 0 saturated heterocycles. The molecule has 0 aliphatic heterocycles. The quantitative estimate of drug-likeness (QED) is 0.683. The van der Waals surface area contributed by atoms with Crippen LogP contribution in [0.4, 0.5) is 0 Å². The second kappa shape index (κ2) is 5.42. The SMILES string of the molecule is CC(=O)CCCC1(C)CC=C(C)CCC1=O. The number of carbonyl (C=O) groups is 2. The van der Waals surface area contributed by atoms with Crippen molar-refractivity contribution in [2.45, 2.75) is 59.3 Å². The van der Waals surface area contributed by atoms with E-state index in [-0.39, 0.29) is 11.2 Å². The molecule has 2 heteroatoms. The third-order valence-corrected chi connectivity index (χ3v) is 3.58. The Morgan fingerprint density at radius 2 is 2.12 bits per heavy atom. The summed E-state index contributed by atoms with van der Waals surface area (Å²) in [4.78, 5) is 22.9. The van der Waals surface area contributed by atoms with E-state index < -0.39 is 0 Å². The van der Waals surface area contributed by atoms with Gasteiger partial charge in [-0.15, -0.1) is 0 Å². The first-order valence-corrected chi connectivity index (χ1v) is 6.12. The largest absolute Gasteiger partial charge is 0.300 e. The maximum Gasteiger partial charge on any atom is 0.139 e. The van der Waals surface area contributed by atoms with Gasteiger partial charge in [0.15, 0.2) is 0 Å². The van der Waals surface area contributed by atoms with Gasteiger partial charge in [-0.05, 0) is 39.5 Å². The van der Waals surface area contributed by atoms with Crippen LogP contribution in [0.15, 0.2) is 11.6 Å². The zero-order valence-electron chi connectivity index (χ0n) is 10.6. The van der Waals surface area contributed by atoms with Crippen LogP contribution in [-0.2, 0) is 9.59 Å². The highest BCUT2D eigenvalue weighted by atomic mass is 16.1. The van der Waals surface area contributed by atoms with Crippen LogP contribution < -0.4 is 0 Å². The van der Waals surface area contributed by atoms with E-state index in [1.165, 1.54) is 5.57 Å². The Balaban J connectivity index is 2.58. The summed E-state index contributed by atoms with van der Waals surface area (Å²) >= 11 is 0. The number of Topliss-reactive ketones (excluding diaryl/α,β-unsaturated/α-hetero) is 2. The van der Waals surface area contributed by atoms with Crippen molar-refractivity contribution in [3.63, 3.8) is 0 Å². The maximum atomic E-state index is 12.0. The highest BCUT2D eigenvalue weighted by Crippen LogP contribution is 2.35. The summed E-state index contributed by atoms with van der Waals surface area (Å²) in [5.74, 6) is 0.584. The summed E-state index contributed by atoms with van der Waals surface area (Å²) in [5.41, 5.74) is 1.09. The Kier molecular flexibility index (Phi) is 4.45. The molecule has 1 atom stereocenters. The van der Waals surface area contributed by atoms with Gasteiger partial charge in [0.2, 0.25) is 0 Å². The van der Waals surface area contributed by atoms with Crippen molar-refractivity contribution in [2.75, 3.05) is 0 Å². The number of rotatable bonds is 4. The van der Waals surface area contributed by atoms with Gasteiger partial charge in [0.25, 0.3) is 0 Å². The Morgan fingerprint density at radius 1 is 1.44 bits per heavy atom. The second-order valence-electron chi connectivity index (χ2n) is 5.29. The van der Waals surface area contributed by atoms with Crippen LogP contribution in [0.25, 0.3) is 0 Å². The van der Waals surface area contributed by atoms with E-state index in [0.717, 1.165) is 25.7 Å². The fraction of sp³-hybridized carbons (Fsp3) is 0.714. The zero-order chi connectivity index (χ0) is 12.2. The van der Waals surface area contributed by atoms with Crippen molar-refractivity contribution in [1.82, 2.24) is 0 Å². The van der Waals surface area contributed by atoms with Gasteiger partial charge in [-0.1, -0.05) is 18.6 Å². The molecule has 90 valence electrons. The second-order valence-corrected chi connectivity index (χ2v) is 5.29. The molecule has 0 saturated carbocycles. The fourth-order valence-corrected chi connectivity index (χ4v) is 2.20. The van der Waals surface area contributed by atoms with Crippen LogP contribution in [0.5, 0.6) is 0 Å². The molecule has 16 heavy (non-hydrogen) atoms. The topological polar surface area (TPSA) is 34.1 Å². The summed E-state index contributed by atoms with van der Waals surface area (Å²) in [5, 5.41) is 0. The minimum absolute atomic E-state index is 0.219. The van der Waals surface area contributed by atoms with Crippen molar-refractivity contribution in [2.24, 2.45) is 5.41 Å². The molecule has 0 aromatic heterocycles. The summed E-state index contributed by atoms with van der Waals surface area (Å²) in [7, 11) is 0.